The first kappa shape index (κ1) is 15.0. The second kappa shape index (κ2) is 6.35. The molecule has 2 rings (SSSR count). The molecule has 0 saturated carbocycles. The lowest BCUT2D eigenvalue weighted by Crippen LogP contribution is -2.30. The highest BCUT2D eigenvalue weighted by molar-refractivity contribution is 6.30. The Morgan fingerprint density at radius 2 is 2.20 bits per heavy atom. The molecular weight excluding hydrogens is 279 g/mol. The Hall–Kier alpha value is -1.43. The van der Waals surface area contributed by atoms with Crippen LogP contribution in [0, 0.1) is 5.82 Å². The number of aromatic nitrogens is 2. The highest BCUT2D eigenvalue weighted by Crippen LogP contribution is 2.22. The van der Waals surface area contributed by atoms with Gasteiger partial charge in [-0.15, -0.1) is 0 Å². The molecule has 0 radical (unpaired) electrons. The van der Waals surface area contributed by atoms with Crippen LogP contribution in [0.2, 0.25) is 5.02 Å². The molecule has 0 amide bonds. The number of nitrogens with one attached hydrogen (secondary N) is 1. The second-order valence-electron chi connectivity index (χ2n) is 4.70. The Morgan fingerprint density at radius 3 is 2.75 bits per heavy atom. The molecule has 1 unspecified atom stereocenters. The van der Waals surface area contributed by atoms with Gasteiger partial charge in [-0.25, -0.2) is 4.39 Å². The van der Waals surface area contributed by atoms with Crippen LogP contribution in [0.4, 0.5) is 4.39 Å². The molecule has 0 spiro atoms. The third-order valence-electron chi connectivity index (χ3n) is 3.35. The summed E-state index contributed by atoms with van der Waals surface area (Å²) in [5.41, 5.74) is 5.55. The number of benzene rings is 1. The lowest BCUT2D eigenvalue weighted by atomic mass is 10.0. The molecular formula is C14H18ClFN4. The van der Waals surface area contributed by atoms with Gasteiger partial charge in [0.25, 0.3) is 0 Å². The first-order valence-electron chi connectivity index (χ1n) is 6.48. The Bertz CT molecular complexity index is 597. The average Bonchev–Trinajstić information content (AvgIpc) is 2.80. The van der Waals surface area contributed by atoms with Crippen LogP contribution in [-0.4, -0.2) is 9.78 Å². The van der Waals surface area contributed by atoms with Crippen LogP contribution in [0.25, 0.3) is 0 Å². The number of rotatable bonds is 5. The fourth-order valence-electron chi connectivity index (χ4n) is 2.15. The minimum Gasteiger partial charge on any atom is -0.272 e. The maximum atomic E-state index is 13.5. The molecule has 1 heterocycles. The number of hydrogen-bond donors (Lipinski definition) is 2. The van der Waals surface area contributed by atoms with E-state index in [0.29, 0.717) is 6.42 Å². The topological polar surface area (TPSA) is 55.9 Å². The van der Waals surface area contributed by atoms with Crippen molar-refractivity contribution in [2.75, 3.05) is 0 Å². The summed E-state index contributed by atoms with van der Waals surface area (Å²) < 4.78 is 15.4. The van der Waals surface area contributed by atoms with Gasteiger partial charge in [-0.1, -0.05) is 24.6 Å². The first-order chi connectivity index (χ1) is 9.55. The van der Waals surface area contributed by atoms with E-state index in [1.54, 1.807) is 6.07 Å². The largest absolute Gasteiger partial charge is 0.272 e. The third-order valence-corrected chi connectivity index (χ3v) is 3.66. The monoisotopic (exact) mass is 296 g/mol. The molecule has 0 fully saturated rings. The Balaban J connectivity index is 2.23. The SMILES string of the molecule is CCc1cc(CC(NN)c2ccc(Cl)c(F)c2)n(C)n1. The standard InChI is InChI=1S/C14H18ClFN4/c1-3-10-7-11(20(2)19-10)8-14(18-17)9-4-5-12(15)13(16)6-9/h4-7,14,18H,3,8,17H2,1-2H3. The Kier molecular flexibility index (Phi) is 4.75. The number of hydrazine groups is 1. The van der Waals surface area contributed by atoms with Crippen molar-refractivity contribution >= 4 is 11.6 Å². The number of halogens is 2. The van der Waals surface area contributed by atoms with Gasteiger partial charge in [0.15, 0.2) is 0 Å². The minimum atomic E-state index is -0.441. The predicted molar refractivity (Wildman–Crippen MR) is 77.8 cm³/mol. The smallest absolute Gasteiger partial charge is 0.142 e. The third kappa shape index (κ3) is 3.17. The van der Waals surface area contributed by atoms with E-state index in [1.165, 1.54) is 12.1 Å². The van der Waals surface area contributed by atoms with E-state index in [2.05, 4.69) is 17.4 Å². The fraction of sp³-hybridized carbons (Fsp3) is 0.357. The van der Waals surface area contributed by atoms with Crippen molar-refractivity contribution in [2.24, 2.45) is 12.9 Å². The second-order valence-corrected chi connectivity index (χ2v) is 5.11. The molecule has 20 heavy (non-hydrogen) atoms. The van der Waals surface area contributed by atoms with Crippen molar-refractivity contribution in [1.82, 2.24) is 15.2 Å². The molecule has 0 aliphatic heterocycles. The normalized spacial score (nSPS) is 12.7. The van der Waals surface area contributed by atoms with E-state index in [0.717, 1.165) is 23.4 Å². The van der Waals surface area contributed by atoms with Crippen LogP contribution in [0.1, 0.15) is 29.9 Å². The van der Waals surface area contributed by atoms with E-state index in [-0.39, 0.29) is 11.1 Å². The summed E-state index contributed by atoms with van der Waals surface area (Å²) in [5.74, 6) is 5.15. The zero-order valence-corrected chi connectivity index (χ0v) is 12.3. The van der Waals surface area contributed by atoms with Crippen LogP contribution in [-0.2, 0) is 19.9 Å². The van der Waals surface area contributed by atoms with Crippen LogP contribution in [0.5, 0.6) is 0 Å². The fourth-order valence-corrected chi connectivity index (χ4v) is 2.26. The zero-order valence-electron chi connectivity index (χ0n) is 11.5. The van der Waals surface area contributed by atoms with Gasteiger partial charge in [0, 0.05) is 19.2 Å². The Labute approximate surface area is 122 Å². The van der Waals surface area contributed by atoms with E-state index >= 15 is 0 Å². The molecule has 0 saturated heterocycles. The molecule has 3 N–H and O–H groups in total. The molecule has 108 valence electrons. The zero-order chi connectivity index (χ0) is 14.7. The summed E-state index contributed by atoms with van der Waals surface area (Å²) in [6, 6.07) is 6.56. The number of nitrogens with two attached hydrogens (primary N) is 1. The first-order valence-corrected chi connectivity index (χ1v) is 6.85. The molecule has 1 aromatic heterocycles. The van der Waals surface area contributed by atoms with Crippen molar-refractivity contribution in [3.05, 3.63) is 52.1 Å². The molecule has 0 aliphatic carbocycles. The van der Waals surface area contributed by atoms with Crippen molar-refractivity contribution in [3.8, 4) is 0 Å². The summed E-state index contributed by atoms with van der Waals surface area (Å²) in [4.78, 5) is 0. The van der Waals surface area contributed by atoms with Crippen molar-refractivity contribution < 1.29 is 4.39 Å². The van der Waals surface area contributed by atoms with Gasteiger partial charge in [0.05, 0.1) is 16.8 Å². The van der Waals surface area contributed by atoms with E-state index in [9.17, 15) is 4.39 Å². The van der Waals surface area contributed by atoms with Gasteiger partial charge in [0.1, 0.15) is 5.82 Å². The maximum absolute atomic E-state index is 13.5. The van der Waals surface area contributed by atoms with Gasteiger partial charge in [-0.3, -0.25) is 16.0 Å². The summed E-state index contributed by atoms with van der Waals surface area (Å²) in [6.07, 6.45) is 1.51. The van der Waals surface area contributed by atoms with Crippen molar-refractivity contribution in [3.63, 3.8) is 0 Å². The van der Waals surface area contributed by atoms with Crippen LogP contribution in [0.15, 0.2) is 24.3 Å². The lowest BCUT2D eigenvalue weighted by molar-refractivity contribution is 0.525. The van der Waals surface area contributed by atoms with Crippen LogP contribution in [0.3, 0.4) is 0 Å². The number of aryl methyl sites for hydroxylation is 2. The predicted octanol–water partition coefficient (Wildman–Crippen LogP) is 2.52. The molecule has 1 aromatic carbocycles. The van der Waals surface area contributed by atoms with E-state index < -0.39 is 5.82 Å². The van der Waals surface area contributed by atoms with Crippen molar-refractivity contribution in [2.45, 2.75) is 25.8 Å². The van der Waals surface area contributed by atoms with Gasteiger partial charge in [-0.2, -0.15) is 5.10 Å². The van der Waals surface area contributed by atoms with E-state index in [4.69, 9.17) is 17.4 Å². The highest BCUT2D eigenvalue weighted by Gasteiger charge is 2.15. The molecule has 1 atom stereocenters. The van der Waals surface area contributed by atoms with E-state index in [1.807, 2.05) is 17.8 Å². The molecule has 0 bridgehead atoms. The highest BCUT2D eigenvalue weighted by atomic mass is 35.5. The summed E-state index contributed by atoms with van der Waals surface area (Å²) in [5, 5.41) is 4.50. The quantitative estimate of drug-likeness (QED) is 0.658. The molecule has 2 aromatic rings. The van der Waals surface area contributed by atoms with Gasteiger partial charge in [-0.05, 0) is 30.2 Å². The summed E-state index contributed by atoms with van der Waals surface area (Å²) >= 11 is 5.70. The van der Waals surface area contributed by atoms with Crippen LogP contribution >= 0.6 is 11.6 Å². The summed E-state index contributed by atoms with van der Waals surface area (Å²) in [7, 11) is 1.89. The molecule has 0 aliphatic rings. The van der Waals surface area contributed by atoms with Gasteiger partial charge in [0.2, 0.25) is 0 Å². The van der Waals surface area contributed by atoms with Crippen LogP contribution < -0.4 is 11.3 Å². The summed E-state index contributed by atoms with van der Waals surface area (Å²) in [6.45, 7) is 2.05. The minimum absolute atomic E-state index is 0.110. The van der Waals surface area contributed by atoms with Gasteiger partial charge < -0.3 is 0 Å². The lowest BCUT2D eigenvalue weighted by Gasteiger charge is -2.16. The average molecular weight is 297 g/mol. The molecule has 6 heteroatoms. The maximum Gasteiger partial charge on any atom is 0.142 e. The van der Waals surface area contributed by atoms with Gasteiger partial charge >= 0.3 is 0 Å². The number of nitrogens with zero attached hydrogens (tertiary/aromatic N) is 2. The molecule has 4 nitrogen and oxygen atoms in total. The van der Waals surface area contributed by atoms with Crippen molar-refractivity contribution in [1.29, 1.82) is 0 Å². The Morgan fingerprint density at radius 1 is 1.45 bits per heavy atom. The number of hydrogen-bond acceptors (Lipinski definition) is 3.